The highest BCUT2D eigenvalue weighted by Gasteiger charge is 2.24. The third kappa shape index (κ3) is 9.28. The van der Waals surface area contributed by atoms with Crippen LogP contribution >= 0.6 is 11.6 Å². The van der Waals surface area contributed by atoms with E-state index in [2.05, 4.69) is 16.0 Å². The van der Waals surface area contributed by atoms with E-state index >= 15 is 0 Å². The van der Waals surface area contributed by atoms with Crippen molar-refractivity contribution in [3.63, 3.8) is 0 Å². The lowest BCUT2D eigenvalue weighted by Gasteiger charge is -2.25. The highest BCUT2D eigenvalue weighted by molar-refractivity contribution is 6.29. The van der Waals surface area contributed by atoms with Crippen molar-refractivity contribution in [1.29, 1.82) is 0 Å². The molecule has 0 unspecified atom stereocenters. The van der Waals surface area contributed by atoms with Gasteiger partial charge in [-0.05, 0) is 32.3 Å². The van der Waals surface area contributed by atoms with Gasteiger partial charge in [-0.1, -0.05) is 25.4 Å². The fourth-order valence-corrected chi connectivity index (χ4v) is 2.20. The minimum absolute atomic E-state index is 0.119. The van der Waals surface area contributed by atoms with Crippen molar-refractivity contribution < 1.29 is 19.1 Å². The van der Waals surface area contributed by atoms with Gasteiger partial charge in [0.25, 0.3) is 5.91 Å². The van der Waals surface area contributed by atoms with Gasteiger partial charge in [0.05, 0.1) is 18.4 Å². The van der Waals surface area contributed by atoms with E-state index in [1.807, 2.05) is 13.8 Å². The molecule has 0 aromatic rings. The van der Waals surface area contributed by atoms with Crippen molar-refractivity contribution in [2.24, 2.45) is 5.41 Å². The molecule has 0 aromatic carbocycles. The quantitative estimate of drug-likeness (QED) is 0.227. The van der Waals surface area contributed by atoms with E-state index in [-0.39, 0.29) is 30.5 Å². The highest BCUT2D eigenvalue weighted by Crippen LogP contribution is 2.20. The number of nitrogens with one attached hydrogen (secondary N) is 3. The molecule has 3 N–H and O–H groups in total. The molecule has 8 heteroatoms. The summed E-state index contributed by atoms with van der Waals surface area (Å²) in [5.41, 5.74) is 0.539. The van der Waals surface area contributed by atoms with Gasteiger partial charge in [-0.15, -0.1) is 0 Å². The maximum atomic E-state index is 12.4. The fraction of sp³-hybridized carbons (Fsp3) is 0.526. The number of carbonyl (C=O) groups excluding carboxylic acids is 3. The zero-order valence-electron chi connectivity index (χ0n) is 17.1. The summed E-state index contributed by atoms with van der Waals surface area (Å²) in [4.78, 5) is 35.7. The summed E-state index contributed by atoms with van der Waals surface area (Å²) >= 11 is 5.88. The van der Waals surface area contributed by atoms with Crippen molar-refractivity contribution in [3.8, 4) is 0 Å². The third-order valence-corrected chi connectivity index (χ3v) is 3.92. The van der Waals surface area contributed by atoms with Gasteiger partial charge in [-0.2, -0.15) is 0 Å². The second kappa shape index (κ2) is 11.4. The fourth-order valence-electron chi connectivity index (χ4n) is 2.09. The summed E-state index contributed by atoms with van der Waals surface area (Å²) < 4.78 is 5.13. The lowest BCUT2D eigenvalue weighted by molar-refractivity contribution is -0.124. The van der Waals surface area contributed by atoms with Gasteiger partial charge in [-0.25, -0.2) is 0 Å². The molecule has 0 heterocycles. The van der Waals surface area contributed by atoms with Crippen molar-refractivity contribution in [3.05, 3.63) is 33.8 Å². The molecule has 0 saturated carbocycles. The van der Waals surface area contributed by atoms with E-state index in [1.54, 1.807) is 27.8 Å². The SMILES string of the molecule is CN/C(C)=C(\C=O)NC(=O)CC(C)(C)CNC(=O)C(/C=C(\C)Cl)=C(/C)OC. The van der Waals surface area contributed by atoms with Gasteiger partial charge >= 0.3 is 0 Å². The van der Waals surface area contributed by atoms with Gasteiger partial charge in [-0.3, -0.25) is 14.4 Å². The smallest absolute Gasteiger partial charge is 0.254 e. The predicted octanol–water partition coefficient (Wildman–Crippen LogP) is 2.35. The number of ether oxygens (including phenoxy) is 1. The molecule has 0 atom stereocenters. The Kier molecular flexibility index (Phi) is 10.5. The highest BCUT2D eigenvalue weighted by atomic mass is 35.5. The molecule has 0 aliphatic carbocycles. The number of amides is 2. The number of halogens is 1. The third-order valence-electron chi connectivity index (χ3n) is 3.81. The number of hydrogen-bond acceptors (Lipinski definition) is 5. The van der Waals surface area contributed by atoms with Crippen LogP contribution in [-0.2, 0) is 19.1 Å². The van der Waals surface area contributed by atoms with Crippen LogP contribution < -0.4 is 16.0 Å². The number of carbonyl (C=O) groups is 3. The Morgan fingerprint density at radius 2 is 1.78 bits per heavy atom. The molecule has 0 aromatic heterocycles. The van der Waals surface area contributed by atoms with Gasteiger partial charge in [0, 0.05) is 30.7 Å². The molecule has 0 radical (unpaired) electrons. The van der Waals surface area contributed by atoms with Crippen LogP contribution in [0, 0.1) is 5.41 Å². The Hall–Kier alpha value is -2.28. The van der Waals surface area contributed by atoms with Crippen LogP contribution in [0.4, 0.5) is 0 Å². The first-order valence-corrected chi connectivity index (χ1v) is 8.85. The second-order valence-corrected chi connectivity index (χ2v) is 7.48. The number of aldehydes is 1. The summed E-state index contributed by atoms with van der Waals surface area (Å²) in [6, 6.07) is 0. The predicted molar refractivity (Wildman–Crippen MR) is 107 cm³/mol. The van der Waals surface area contributed by atoms with Crippen molar-refractivity contribution in [1.82, 2.24) is 16.0 Å². The maximum absolute atomic E-state index is 12.4. The average Bonchev–Trinajstić information content (AvgIpc) is 2.60. The molecule has 27 heavy (non-hydrogen) atoms. The van der Waals surface area contributed by atoms with E-state index in [1.165, 1.54) is 13.2 Å². The first kappa shape index (κ1) is 24.7. The van der Waals surface area contributed by atoms with Crippen molar-refractivity contribution in [2.45, 2.75) is 41.0 Å². The van der Waals surface area contributed by atoms with E-state index < -0.39 is 5.41 Å². The zero-order valence-corrected chi connectivity index (χ0v) is 17.8. The molecule has 0 bridgehead atoms. The van der Waals surface area contributed by atoms with E-state index in [0.717, 1.165) is 0 Å². The van der Waals surface area contributed by atoms with Gasteiger partial charge in [0.2, 0.25) is 5.91 Å². The molecule has 0 spiro atoms. The first-order chi connectivity index (χ1) is 12.5. The lowest BCUT2D eigenvalue weighted by Crippen LogP contribution is -2.38. The minimum atomic E-state index is -0.535. The summed E-state index contributed by atoms with van der Waals surface area (Å²) in [5, 5.41) is 8.63. The van der Waals surface area contributed by atoms with Crippen LogP contribution in [0.2, 0.25) is 0 Å². The van der Waals surface area contributed by atoms with Crippen molar-refractivity contribution in [2.75, 3.05) is 20.7 Å². The molecule has 0 aliphatic heterocycles. The summed E-state index contributed by atoms with van der Waals surface area (Å²) in [6.45, 7) is 8.96. The Labute approximate surface area is 166 Å². The Morgan fingerprint density at radius 1 is 1.19 bits per heavy atom. The molecule has 2 amide bonds. The minimum Gasteiger partial charge on any atom is -0.501 e. The largest absolute Gasteiger partial charge is 0.501 e. The molecule has 152 valence electrons. The van der Waals surface area contributed by atoms with Crippen LogP contribution in [0.3, 0.4) is 0 Å². The van der Waals surface area contributed by atoms with Gasteiger partial charge in [0.1, 0.15) is 5.76 Å². The van der Waals surface area contributed by atoms with E-state index in [9.17, 15) is 14.4 Å². The Bertz CT molecular complexity index is 660. The van der Waals surface area contributed by atoms with E-state index in [0.29, 0.717) is 28.3 Å². The van der Waals surface area contributed by atoms with Crippen molar-refractivity contribution >= 4 is 29.7 Å². The molecule has 0 saturated heterocycles. The van der Waals surface area contributed by atoms with Crippen LogP contribution in [0.15, 0.2) is 33.8 Å². The standard InChI is InChI=1S/C19H30ClN3O4/c1-12(20)8-15(14(3)27-7)18(26)22-11-19(4,5)9-17(25)23-16(10-24)13(2)21-6/h8,10,21H,9,11H2,1-7H3,(H,22,26)(H,23,25)/b12-8+,15-14-,16-13+. The number of methoxy groups -OCH3 is 1. The maximum Gasteiger partial charge on any atom is 0.254 e. The summed E-state index contributed by atoms with van der Waals surface area (Å²) in [5.74, 6) is -0.222. The molecule has 0 aliphatic rings. The monoisotopic (exact) mass is 399 g/mol. The van der Waals surface area contributed by atoms with Crippen LogP contribution in [-0.4, -0.2) is 38.8 Å². The molecular formula is C19H30ClN3O4. The Morgan fingerprint density at radius 3 is 2.22 bits per heavy atom. The van der Waals surface area contributed by atoms with Gasteiger partial charge < -0.3 is 20.7 Å². The Balaban J connectivity index is 5.03. The molecule has 0 fully saturated rings. The van der Waals surface area contributed by atoms with Crippen LogP contribution in [0.5, 0.6) is 0 Å². The number of allylic oxidation sites excluding steroid dienone is 4. The second-order valence-electron chi connectivity index (χ2n) is 6.88. The van der Waals surface area contributed by atoms with Crippen LogP contribution in [0.1, 0.15) is 41.0 Å². The molecular weight excluding hydrogens is 370 g/mol. The number of rotatable bonds is 10. The summed E-state index contributed by atoms with van der Waals surface area (Å²) in [6.07, 6.45) is 2.23. The summed E-state index contributed by atoms with van der Waals surface area (Å²) in [7, 11) is 3.13. The zero-order chi connectivity index (χ0) is 21.2. The lowest BCUT2D eigenvalue weighted by atomic mass is 9.88. The van der Waals surface area contributed by atoms with E-state index in [4.69, 9.17) is 16.3 Å². The molecule has 7 nitrogen and oxygen atoms in total. The normalized spacial score (nSPS) is 13.9. The van der Waals surface area contributed by atoms with Crippen LogP contribution in [0.25, 0.3) is 0 Å². The average molecular weight is 400 g/mol. The topological polar surface area (TPSA) is 96.5 Å². The molecule has 0 rings (SSSR count). The first-order valence-electron chi connectivity index (χ1n) is 8.48. The van der Waals surface area contributed by atoms with Gasteiger partial charge in [0.15, 0.2) is 6.29 Å². The number of hydrogen-bond donors (Lipinski definition) is 3.